The topological polar surface area (TPSA) is 98.8 Å². The van der Waals surface area contributed by atoms with Gasteiger partial charge in [-0.2, -0.15) is 0 Å². The molecule has 0 aliphatic rings. The van der Waals surface area contributed by atoms with Gasteiger partial charge in [0.05, 0.1) is 12.6 Å². The van der Waals surface area contributed by atoms with E-state index < -0.39 is 16.4 Å². The molecule has 0 aromatic rings. The van der Waals surface area contributed by atoms with Gasteiger partial charge in [0, 0.05) is 6.92 Å². The van der Waals surface area contributed by atoms with Gasteiger partial charge in [0.2, 0.25) is 16.3 Å². The van der Waals surface area contributed by atoms with Crippen LogP contribution < -0.4 is 5.32 Å². The van der Waals surface area contributed by atoms with Crippen molar-refractivity contribution >= 4 is 16.3 Å². The fourth-order valence-electron chi connectivity index (χ4n) is 1.06. The molecule has 0 aliphatic carbocycles. The highest BCUT2D eigenvalue weighted by Crippen LogP contribution is 1.97. The SMILES string of the molecule is CC(=O)NC(CCN(C)C)COS(=O)(=O)[O-]. The summed E-state index contributed by atoms with van der Waals surface area (Å²) in [6, 6.07) is -0.483. The average Bonchev–Trinajstić information content (AvgIpc) is 2.07. The van der Waals surface area contributed by atoms with Gasteiger partial charge in [-0.15, -0.1) is 0 Å². The van der Waals surface area contributed by atoms with Crippen molar-refractivity contribution in [3.8, 4) is 0 Å². The molecule has 8 heteroatoms. The molecule has 0 saturated heterocycles. The lowest BCUT2D eigenvalue weighted by molar-refractivity contribution is -0.120. The minimum atomic E-state index is -4.71. The monoisotopic (exact) mass is 253 g/mol. The van der Waals surface area contributed by atoms with Gasteiger partial charge in [-0.05, 0) is 27.1 Å². The van der Waals surface area contributed by atoms with E-state index >= 15 is 0 Å². The van der Waals surface area contributed by atoms with E-state index in [2.05, 4.69) is 9.50 Å². The molecule has 0 aromatic carbocycles. The zero-order chi connectivity index (χ0) is 12.8. The number of carbonyl (C=O) groups excluding carboxylic acids is 1. The molecule has 1 N–H and O–H groups in total. The zero-order valence-electron chi connectivity index (χ0n) is 9.60. The standard InChI is InChI=1S/C8H18N2O5S/c1-7(11)9-8(4-5-10(2)3)6-15-16(12,13)14/h8H,4-6H2,1-3H3,(H,9,11)(H,12,13,14)/p-1. The molecule has 0 saturated carbocycles. The van der Waals surface area contributed by atoms with E-state index in [1.807, 2.05) is 19.0 Å². The van der Waals surface area contributed by atoms with Crippen LogP contribution >= 0.6 is 0 Å². The van der Waals surface area contributed by atoms with Crippen LogP contribution in [0.3, 0.4) is 0 Å². The molecule has 0 bridgehead atoms. The highest BCUT2D eigenvalue weighted by molar-refractivity contribution is 7.80. The van der Waals surface area contributed by atoms with Crippen molar-refractivity contribution in [2.45, 2.75) is 19.4 Å². The van der Waals surface area contributed by atoms with Gasteiger partial charge < -0.3 is 14.8 Å². The molecule has 1 unspecified atom stereocenters. The quantitative estimate of drug-likeness (QED) is 0.457. The molecule has 0 heterocycles. The van der Waals surface area contributed by atoms with Crippen LogP contribution in [0.25, 0.3) is 0 Å². The summed E-state index contributed by atoms with van der Waals surface area (Å²) >= 11 is 0. The summed E-state index contributed by atoms with van der Waals surface area (Å²) in [6.07, 6.45) is 0.502. The van der Waals surface area contributed by atoms with Crippen LogP contribution in [0.4, 0.5) is 0 Å². The predicted octanol–water partition coefficient (Wildman–Crippen LogP) is -1.08. The van der Waals surface area contributed by atoms with E-state index in [0.717, 1.165) is 0 Å². The van der Waals surface area contributed by atoms with E-state index in [1.54, 1.807) is 0 Å². The van der Waals surface area contributed by atoms with E-state index in [-0.39, 0.29) is 12.5 Å². The Kier molecular flexibility index (Phi) is 6.49. The van der Waals surface area contributed by atoms with Crippen LogP contribution in [0.2, 0.25) is 0 Å². The van der Waals surface area contributed by atoms with Crippen LogP contribution in [0.1, 0.15) is 13.3 Å². The van der Waals surface area contributed by atoms with Gasteiger partial charge in [0.15, 0.2) is 0 Å². The zero-order valence-corrected chi connectivity index (χ0v) is 10.4. The summed E-state index contributed by atoms with van der Waals surface area (Å²) in [6.45, 7) is 1.63. The summed E-state index contributed by atoms with van der Waals surface area (Å²) in [7, 11) is -1.02. The van der Waals surface area contributed by atoms with Crippen molar-refractivity contribution in [3.63, 3.8) is 0 Å². The lowest BCUT2D eigenvalue weighted by Crippen LogP contribution is -2.39. The molecule has 0 rings (SSSR count). The summed E-state index contributed by atoms with van der Waals surface area (Å²) in [5.41, 5.74) is 0. The molecule has 0 aromatic heterocycles. The molecule has 1 atom stereocenters. The summed E-state index contributed by atoms with van der Waals surface area (Å²) in [5, 5.41) is 2.51. The lowest BCUT2D eigenvalue weighted by Gasteiger charge is -2.20. The fourth-order valence-corrected chi connectivity index (χ4v) is 1.40. The first-order valence-corrected chi connectivity index (χ1v) is 6.06. The number of amides is 1. The minimum Gasteiger partial charge on any atom is -0.726 e. The summed E-state index contributed by atoms with van der Waals surface area (Å²) in [4.78, 5) is 12.7. The Morgan fingerprint density at radius 2 is 2.06 bits per heavy atom. The number of hydrogen-bond donors (Lipinski definition) is 1. The van der Waals surface area contributed by atoms with Crippen LogP contribution in [-0.2, 0) is 19.4 Å². The van der Waals surface area contributed by atoms with Crippen molar-refractivity contribution in [2.24, 2.45) is 0 Å². The second-order valence-corrected chi connectivity index (χ2v) is 4.73. The minimum absolute atomic E-state index is 0.296. The molecular formula is C8H17N2O5S-. The van der Waals surface area contributed by atoms with E-state index in [9.17, 15) is 17.8 Å². The molecule has 0 spiro atoms. The van der Waals surface area contributed by atoms with Crippen LogP contribution in [0.15, 0.2) is 0 Å². The maximum atomic E-state index is 10.8. The van der Waals surface area contributed by atoms with Gasteiger partial charge in [-0.1, -0.05) is 0 Å². The Morgan fingerprint density at radius 3 is 2.44 bits per heavy atom. The van der Waals surface area contributed by atoms with Crippen molar-refractivity contribution in [1.29, 1.82) is 0 Å². The van der Waals surface area contributed by atoms with Gasteiger partial charge in [0.1, 0.15) is 0 Å². The molecule has 0 radical (unpaired) electrons. The second-order valence-electron chi connectivity index (χ2n) is 3.68. The first kappa shape index (κ1) is 15.3. The predicted molar refractivity (Wildman–Crippen MR) is 56.4 cm³/mol. The highest BCUT2D eigenvalue weighted by Gasteiger charge is 2.12. The Hall–Kier alpha value is -0.700. The average molecular weight is 253 g/mol. The van der Waals surface area contributed by atoms with Crippen molar-refractivity contribution in [1.82, 2.24) is 10.2 Å². The Bertz CT molecular complexity index is 314. The molecule has 0 fully saturated rings. The molecule has 96 valence electrons. The fraction of sp³-hybridized carbons (Fsp3) is 0.875. The molecule has 16 heavy (non-hydrogen) atoms. The van der Waals surface area contributed by atoms with E-state index in [1.165, 1.54) is 6.92 Å². The maximum Gasteiger partial charge on any atom is 0.217 e. The van der Waals surface area contributed by atoms with Gasteiger partial charge in [0.25, 0.3) is 0 Å². The van der Waals surface area contributed by atoms with E-state index in [0.29, 0.717) is 13.0 Å². The third kappa shape index (κ3) is 9.84. The number of carbonyl (C=O) groups is 1. The van der Waals surface area contributed by atoms with Crippen molar-refractivity contribution in [2.75, 3.05) is 27.2 Å². The third-order valence-electron chi connectivity index (χ3n) is 1.75. The largest absolute Gasteiger partial charge is 0.726 e. The normalized spacial score (nSPS) is 13.8. The maximum absolute atomic E-state index is 10.8. The first-order chi connectivity index (χ1) is 7.20. The molecule has 0 aliphatic heterocycles. The number of rotatable bonds is 7. The number of nitrogens with zero attached hydrogens (tertiary/aromatic N) is 1. The second kappa shape index (κ2) is 6.79. The number of hydrogen-bond acceptors (Lipinski definition) is 6. The van der Waals surface area contributed by atoms with Gasteiger partial charge in [-0.25, -0.2) is 8.42 Å². The Balaban J connectivity index is 4.15. The molecular weight excluding hydrogens is 236 g/mol. The van der Waals surface area contributed by atoms with Crippen LogP contribution in [0, 0.1) is 0 Å². The van der Waals surface area contributed by atoms with Crippen molar-refractivity contribution < 1.29 is 21.9 Å². The van der Waals surface area contributed by atoms with Crippen LogP contribution in [-0.4, -0.2) is 57.1 Å². The molecule has 7 nitrogen and oxygen atoms in total. The number of nitrogens with one attached hydrogen (secondary N) is 1. The van der Waals surface area contributed by atoms with Crippen LogP contribution in [0.5, 0.6) is 0 Å². The van der Waals surface area contributed by atoms with E-state index in [4.69, 9.17) is 0 Å². The summed E-state index contributed by atoms with van der Waals surface area (Å²) < 4.78 is 34.9. The molecule has 1 amide bonds. The van der Waals surface area contributed by atoms with Gasteiger partial charge >= 0.3 is 0 Å². The third-order valence-corrected chi connectivity index (χ3v) is 2.17. The Labute approximate surface area is 95.7 Å². The smallest absolute Gasteiger partial charge is 0.217 e. The Morgan fingerprint density at radius 1 is 1.50 bits per heavy atom. The summed E-state index contributed by atoms with van der Waals surface area (Å²) in [5.74, 6) is -0.296. The lowest BCUT2D eigenvalue weighted by atomic mass is 10.2. The van der Waals surface area contributed by atoms with Crippen molar-refractivity contribution in [3.05, 3.63) is 0 Å². The first-order valence-electron chi connectivity index (χ1n) is 4.73. The van der Waals surface area contributed by atoms with Gasteiger partial charge in [-0.3, -0.25) is 8.98 Å². The highest BCUT2D eigenvalue weighted by atomic mass is 32.3.